The maximum absolute atomic E-state index is 13.9. The second-order valence-electron chi connectivity index (χ2n) is 12.0. The minimum Gasteiger partial charge on any atom is -0.395 e. The first-order valence-corrected chi connectivity index (χ1v) is 16.3. The smallest absolute Gasteiger partial charge is 0.251 e. The zero-order chi connectivity index (χ0) is 29.8. The molecule has 0 radical (unpaired) electrons. The highest BCUT2D eigenvalue weighted by molar-refractivity contribution is 7.92. The van der Waals surface area contributed by atoms with Crippen LogP contribution >= 0.6 is 0 Å². The van der Waals surface area contributed by atoms with E-state index in [2.05, 4.69) is 25.0 Å². The fourth-order valence-electron chi connectivity index (χ4n) is 6.25. The van der Waals surface area contributed by atoms with Crippen molar-refractivity contribution in [1.29, 1.82) is 0 Å². The summed E-state index contributed by atoms with van der Waals surface area (Å²) in [5, 5.41) is 22.5. The molecule has 228 valence electrons. The molecule has 1 saturated carbocycles. The van der Waals surface area contributed by atoms with Crippen molar-refractivity contribution in [2.75, 3.05) is 53.1 Å². The predicted octanol–water partition coefficient (Wildman–Crippen LogP) is 3.93. The molecule has 2 aliphatic heterocycles. The molecule has 1 aromatic carbocycles. The van der Waals surface area contributed by atoms with E-state index in [1.54, 1.807) is 21.5 Å². The Morgan fingerprint density at radius 2 is 1.65 bits per heavy atom. The van der Waals surface area contributed by atoms with Gasteiger partial charge in [-0.3, -0.25) is 4.72 Å². The van der Waals surface area contributed by atoms with Crippen molar-refractivity contribution in [3.05, 3.63) is 48.8 Å². The van der Waals surface area contributed by atoms with Crippen LogP contribution in [-0.2, 0) is 10.0 Å². The Morgan fingerprint density at radius 1 is 0.907 bits per heavy atom. The summed E-state index contributed by atoms with van der Waals surface area (Å²) in [5.74, 6) is -2.31. The Kier molecular flexibility index (Phi) is 6.80. The Labute approximate surface area is 248 Å². The largest absolute Gasteiger partial charge is 0.395 e. The molecular weight excluding hydrogens is 578 g/mol. The summed E-state index contributed by atoms with van der Waals surface area (Å²) in [6, 6.07) is 11.1. The van der Waals surface area contributed by atoms with Gasteiger partial charge in [0.2, 0.25) is 10.0 Å². The molecule has 5 heterocycles. The van der Waals surface area contributed by atoms with E-state index in [-0.39, 0.29) is 31.7 Å². The number of benzene rings is 1. The zero-order valence-electron chi connectivity index (χ0n) is 23.7. The summed E-state index contributed by atoms with van der Waals surface area (Å²) in [6.45, 7) is 1.71. The number of alkyl halides is 2. The molecule has 1 aliphatic carbocycles. The van der Waals surface area contributed by atoms with Gasteiger partial charge < -0.3 is 14.9 Å². The second kappa shape index (κ2) is 10.4. The molecule has 14 heteroatoms. The van der Waals surface area contributed by atoms with Crippen molar-refractivity contribution in [3.8, 4) is 16.9 Å². The van der Waals surface area contributed by atoms with Crippen molar-refractivity contribution < 1.29 is 22.3 Å². The van der Waals surface area contributed by atoms with Crippen LogP contribution in [0, 0.1) is 5.41 Å². The molecule has 0 bridgehead atoms. The van der Waals surface area contributed by atoms with Crippen molar-refractivity contribution in [2.24, 2.45) is 5.41 Å². The van der Waals surface area contributed by atoms with Crippen molar-refractivity contribution >= 4 is 32.7 Å². The Balaban J connectivity index is 1.23. The van der Waals surface area contributed by atoms with E-state index in [9.17, 15) is 17.2 Å². The molecule has 0 atom stereocenters. The fourth-order valence-corrected chi connectivity index (χ4v) is 7.08. The third-order valence-electron chi connectivity index (χ3n) is 9.06. The van der Waals surface area contributed by atoms with Gasteiger partial charge in [0.15, 0.2) is 0 Å². The Bertz CT molecular complexity index is 1750. The van der Waals surface area contributed by atoms with Gasteiger partial charge in [-0.15, -0.1) is 5.10 Å². The van der Waals surface area contributed by atoms with E-state index in [0.29, 0.717) is 16.8 Å². The van der Waals surface area contributed by atoms with Gasteiger partial charge in [-0.25, -0.2) is 26.4 Å². The quantitative estimate of drug-likeness (QED) is 0.307. The fraction of sp³-hybridized carbons (Fsp3) is 0.483. The molecule has 0 amide bonds. The van der Waals surface area contributed by atoms with Crippen LogP contribution in [0.3, 0.4) is 0 Å². The van der Waals surface area contributed by atoms with Crippen LogP contribution in [0.25, 0.3) is 22.5 Å². The molecule has 3 fully saturated rings. The topological polar surface area (TPSA) is 121 Å². The minimum absolute atomic E-state index is 0.206. The number of rotatable bonds is 8. The van der Waals surface area contributed by atoms with Gasteiger partial charge >= 0.3 is 0 Å². The van der Waals surface area contributed by atoms with Crippen LogP contribution in [0.2, 0.25) is 0 Å². The number of piperidine rings is 2. The first-order chi connectivity index (χ1) is 20.6. The van der Waals surface area contributed by atoms with E-state index in [1.165, 1.54) is 12.8 Å². The van der Waals surface area contributed by atoms with Gasteiger partial charge in [0.1, 0.15) is 11.5 Å². The second-order valence-corrected chi connectivity index (χ2v) is 13.8. The molecule has 3 aromatic heterocycles. The Morgan fingerprint density at radius 3 is 2.37 bits per heavy atom. The number of sulfonamides is 1. The average Bonchev–Trinajstić information content (AvgIpc) is 3.34. The predicted molar refractivity (Wildman–Crippen MR) is 160 cm³/mol. The zero-order valence-corrected chi connectivity index (χ0v) is 24.5. The number of aliphatic hydroxyl groups is 1. The van der Waals surface area contributed by atoms with Gasteiger partial charge in [-0.2, -0.15) is 5.10 Å². The van der Waals surface area contributed by atoms with Crippen molar-refractivity contribution in [2.45, 2.75) is 44.4 Å². The van der Waals surface area contributed by atoms with Gasteiger partial charge in [0.25, 0.3) is 5.92 Å². The number of pyridine rings is 1. The van der Waals surface area contributed by atoms with E-state index >= 15 is 0 Å². The number of aliphatic hydroxyl groups excluding tert-OH is 1. The summed E-state index contributed by atoms with van der Waals surface area (Å²) in [4.78, 5) is 4.20. The maximum Gasteiger partial charge on any atom is 0.251 e. The molecule has 11 nitrogen and oxygen atoms in total. The van der Waals surface area contributed by atoms with Gasteiger partial charge in [-0.05, 0) is 67.5 Å². The number of fused-ring (bicyclic) bond motifs is 1. The van der Waals surface area contributed by atoms with Crippen LogP contribution in [0.1, 0.15) is 38.5 Å². The summed E-state index contributed by atoms with van der Waals surface area (Å²) >= 11 is 0. The summed E-state index contributed by atoms with van der Waals surface area (Å²) in [7, 11) is -3.69. The van der Waals surface area contributed by atoms with Crippen LogP contribution in [0.15, 0.2) is 48.8 Å². The third-order valence-corrected chi connectivity index (χ3v) is 10.3. The van der Waals surface area contributed by atoms with Gasteiger partial charge in [-0.1, -0.05) is 5.21 Å². The lowest BCUT2D eigenvalue weighted by atomic mass is 9.93. The molecule has 43 heavy (non-hydrogen) atoms. The normalized spacial score (nSPS) is 19.7. The van der Waals surface area contributed by atoms with Crippen LogP contribution in [0.4, 0.5) is 26.0 Å². The summed E-state index contributed by atoms with van der Waals surface area (Å²) in [6.07, 6.45) is 7.82. The lowest BCUT2D eigenvalue weighted by molar-refractivity contribution is -0.0222. The first kappa shape index (κ1) is 28.0. The molecule has 7 rings (SSSR count). The van der Waals surface area contributed by atoms with Crippen molar-refractivity contribution in [3.63, 3.8) is 0 Å². The number of hydrogen-bond donors (Lipinski definition) is 2. The van der Waals surface area contributed by atoms with Crippen LogP contribution in [-0.4, -0.2) is 82.6 Å². The molecule has 2 saturated heterocycles. The number of aromatic nitrogens is 5. The van der Waals surface area contributed by atoms with Gasteiger partial charge in [0, 0.05) is 44.6 Å². The van der Waals surface area contributed by atoms with Crippen LogP contribution < -0.4 is 14.5 Å². The Hall–Kier alpha value is -3.78. The lowest BCUT2D eigenvalue weighted by Crippen LogP contribution is -2.40. The highest BCUT2D eigenvalue weighted by Crippen LogP contribution is 2.54. The van der Waals surface area contributed by atoms with E-state index in [0.717, 1.165) is 54.2 Å². The van der Waals surface area contributed by atoms with Crippen molar-refractivity contribution in [1.82, 2.24) is 24.6 Å². The lowest BCUT2D eigenvalue weighted by Gasteiger charge is -2.35. The van der Waals surface area contributed by atoms with Gasteiger partial charge in [0.05, 0.1) is 47.3 Å². The van der Waals surface area contributed by atoms with E-state index in [1.807, 2.05) is 41.4 Å². The highest BCUT2D eigenvalue weighted by Gasteiger charge is 2.44. The third kappa shape index (κ3) is 5.65. The maximum atomic E-state index is 13.9. The summed E-state index contributed by atoms with van der Waals surface area (Å²) < 4.78 is 58.6. The molecular formula is C29H34F2N8O3S. The number of nitrogens with one attached hydrogen (secondary N) is 1. The molecule has 4 aromatic rings. The SMILES string of the molecule is O=S(=O)(CCO)Nc1ccc(-n2cc(-c3cc(N4CCC(F)(F)CC4)n4nccc4c3)nn2)c(N2CCC3(CC2)CC3)c1. The number of halogens is 2. The summed E-state index contributed by atoms with van der Waals surface area (Å²) in [5.41, 5.74) is 4.71. The number of nitrogens with zero attached hydrogens (tertiary/aromatic N) is 7. The van der Waals surface area contributed by atoms with E-state index in [4.69, 9.17) is 5.11 Å². The molecule has 1 spiro atoms. The molecule has 0 unspecified atom stereocenters. The molecule has 2 N–H and O–H groups in total. The van der Waals surface area contributed by atoms with E-state index < -0.39 is 22.6 Å². The number of hydrogen-bond acceptors (Lipinski definition) is 8. The highest BCUT2D eigenvalue weighted by atomic mass is 32.2. The number of anilines is 3. The standard InChI is InChI=1S/C29H34F2N8O3S/c30-29(31)8-13-37(14-9-29)27-18-21(17-23-3-10-32-39(23)27)24-20-38(35-33-24)25-2-1-22(34-43(41,42)16-15-40)19-26(25)36-11-6-28(4-5-28)7-12-36/h1-3,10,17-20,34,40H,4-9,11-16H2. The first-order valence-electron chi connectivity index (χ1n) is 14.7. The average molecular weight is 613 g/mol. The monoisotopic (exact) mass is 612 g/mol. The van der Waals surface area contributed by atoms with Crippen LogP contribution in [0.5, 0.6) is 0 Å². The minimum atomic E-state index is -3.69. The molecule has 3 aliphatic rings.